The van der Waals surface area contributed by atoms with Gasteiger partial charge < -0.3 is 15.4 Å². The second-order valence-corrected chi connectivity index (χ2v) is 4.68. The number of hydrogen-bond acceptors (Lipinski definition) is 3. The number of hydrogen-bond donors (Lipinski definition) is 1. The lowest BCUT2D eigenvalue weighted by Crippen LogP contribution is -2.19. The lowest BCUT2D eigenvalue weighted by Gasteiger charge is -2.22. The first-order chi connectivity index (χ1) is 9.63. The van der Waals surface area contributed by atoms with Gasteiger partial charge in [-0.1, -0.05) is 12.1 Å². The van der Waals surface area contributed by atoms with Gasteiger partial charge in [-0.3, -0.25) is 0 Å². The Morgan fingerprint density at radius 3 is 2.70 bits per heavy atom. The molecule has 0 unspecified atom stereocenters. The van der Waals surface area contributed by atoms with Crippen molar-refractivity contribution in [2.24, 2.45) is 5.73 Å². The lowest BCUT2D eigenvalue weighted by atomic mass is 10.1. The van der Waals surface area contributed by atoms with Crippen molar-refractivity contribution in [1.29, 1.82) is 0 Å². The zero-order valence-electron chi connectivity index (χ0n) is 11.8. The minimum Gasteiger partial charge on any atom is -0.497 e. The molecule has 0 fully saturated rings. The van der Waals surface area contributed by atoms with Crippen molar-refractivity contribution in [1.82, 2.24) is 0 Å². The molecule has 0 aliphatic heterocycles. The number of nitrogens with zero attached hydrogens (tertiary/aromatic N) is 1. The third-order valence-corrected chi connectivity index (χ3v) is 3.23. The molecule has 0 amide bonds. The highest BCUT2D eigenvalue weighted by Gasteiger charge is 2.08. The van der Waals surface area contributed by atoms with E-state index in [1.54, 1.807) is 13.2 Å². The van der Waals surface area contributed by atoms with E-state index in [0.717, 1.165) is 22.6 Å². The largest absolute Gasteiger partial charge is 0.497 e. The fourth-order valence-electron chi connectivity index (χ4n) is 2.22. The molecular formula is C16H19FN2O. The molecule has 0 saturated heterocycles. The summed E-state index contributed by atoms with van der Waals surface area (Å²) in [6.45, 7) is 1.02. The molecule has 0 aliphatic carbocycles. The number of rotatable bonds is 5. The molecule has 0 spiro atoms. The van der Waals surface area contributed by atoms with Crippen LogP contribution in [0.15, 0.2) is 42.5 Å². The smallest absolute Gasteiger partial charge is 0.123 e. The first-order valence-corrected chi connectivity index (χ1v) is 6.46. The number of nitrogens with two attached hydrogens (primary N) is 1. The molecule has 0 heterocycles. The second kappa shape index (κ2) is 6.39. The first-order valence-electron chi connectivity index (χ1n) is 6.46. The molecular weight excluding hydrogens is 255 g/mol. The van der Waals surface area contributed by atoms with Crippen LogP contribution in [0.3, 0.4) is 0 Å². The monoisotopic (exact) mass is 274 g/mol. The van der Waals surface area contributed by atoms with Crippen molar-refractivity contribution >= 4 is 5.69 Å². The second-order valence-electron chi connectivity index (χ2n) is 4.68. The van der Waals surface area contributed by atoms with Gasteiger partial charge in [-0.25, -0.2) is 4.39 Å². The van der Waals surface area contributed by atoms with E-state index in [1.165, 1.54) is 12.1 Å². The maximum absolute atomic E-state index is 13.2. The van der Waals surface area contributed by atoms with E-state index in [0.29, 0.717) is 13.1 Å². The van der Waals surface area contributed by atoms with Crippen LogP contribution < -0.4 is 15.4 Å². The minimum atomic E-state index is -0.260. The van der Waals surface area contributed by atoms with E-state index < -0.39 is 0 Å². The van der Waals surface area contributed by atoms with Crippen molar-refractivity contribution in [2.45, 2.75) is 13.1 Å². The molecule has 0 atom stereocenters. The summed E-state index contributed by atoms with van der Waals surface area (Å²) >= 11 is 0. The summed E-state index contributed by atoms with van der Waals surface area (Å²) in [5.41, 5.74) is 8.55. The highest BCUT2D eigenvalue weighted by atomic mass is 19.1. The van der Waals surface area contributed by atoms with E-state index in [1.807, 2.05) is 31.3 Å². The summed E-state index contributed by atoms with van der Waals surface area (Å²) in [4.78, 5) is 2.05. The standard InChI is InChI=1S/C16H19FN2O/c1-19(11-12-4-3-5-15(8-12)20-2)16-7-6-14(17)9-13(16)10-18/h3-9H,10-11,18H2,1-2H3. The predicted octanol–water partition coefficient (Wildman–Crippen LogP) is 2.93. The van der Waals surface area contributed by atoms with Gasteiger partial charge in [0.2, 0.25) is 0 Å². The van der Waals surface area contributed by atoms with Crippen LogP contribution in [0.1, 0.15) is 11.1 Å². The molecule has 0 aromatic heterocycles. The Morgan fingerprint density at radius 1 is 1.20 bits per heavy atom. The van der Waals surface area contributed by atoms with E-state index in [-0.39, 0.29) is 5.82 Å². The molecule has 0 saturated carbocycles. The summed E-state index contributed by atoms with van der Waals surface area (Å²) in [5.74, 6) is 0.568. The van der Waals surface area contributed by atoms with Gasteiger partial charge in [0, 0.05) is 25.8 Å². The Labute approximate surface area is 118 Å². The molecule has 2 aromatic rings. The Hall–Kier alpha value is -2.07. The van der Waals surface area contributed by atoms with E-state index in [9.17, 15) is 4.39 Å². The molecule has 2 rings (SSSR count). The summed E-state index contributed by atoms with van der Waals surface area (Å²) < 4.78 is 18.4. The van der Waals surface area contributed by atoms with E-state index >= 15 is 0 Å². The van der Waals surface area contributed by atoms with Crippen LogP contribution in [-0.2, 0) is 13.1 Å². The first kappa shape index (κ1) is 14.3. The molecule has 2 aromatic carbocycles. The molecule has 0 bridgehead atoms. The van der Waals surface area contributed by atoms with Crippen LogP contribution in [0.25, 0.3) is 0 Å². The van der Waals surface area contributed by atoms with Crippen LogP contribution in [0.2, 0.25) is 0 Å². The van der Waals surface area contributed by atoms with Crippen molar-refractivity contribution in [3.8, 4) is 5.75 Å². The maximum Gasteiger partial charge on any atom is 0.123 e. The molecule has 20 heavy (non-hydrogen) atoms. The zero-order valence-corrected chi connectivity index (χ0v) is 11.8. The lowest BCUT2D eigenvalue weighted by molar-refractivity contribution is 0.414. The van der Waals surface area contributed by atoms with Crippen molar-refractivity contribution in [3.05, 3.63) is 59.4 Å². The van der Waals surface area contributed by atoms with Crippen molar-refractivity contribution in [2.75, 3.05) is 19.1 Å². The van der Waals surface area contributed by atoms with Gasteiger partial charge in [-0.15, -0.1) is 0 Å². The molecule has 0 radical (unpaired) electrons. The molecule has 106 valence electrons. The average molecular weight is 274 g/mol. The SMILES string of the molecule is COc1cccc(CN(C)c2ccc(F)cc2CN)c1. The Balaban J connectivity index is 2.21. The number of anilines is 1. The summed E-state index contributed by atoms with van der Waals surface area (Å²) in [5, 5.41) is 0. The van der Waals surface area contributed by atoms with Crippen LogP contribution in [-0.4, -0.2) is 14.2 Å². The highest BCUT2D eigenvalue weighted by Crippen LogP contribution is 2.23. The van der Waals surface area contributed by atoms with Gasteiger partial charge in [-0.2, -0.15) is 0 Å². The fourth-order valence-corrected chi connectivity index (χ4v) is 2.22. The van der Waals surface area contributed by atoms with Gasteiger partial charge in [0.25, 0.3) is 0 Å². The number of methoxy groups -OCH3 is 1. The predicted molar refractivity (Wildman–Crippen MR) is 79.4 cm³/mol. The van der Waals surface area contributed by atoms with Crippen LogP contribution >= 0.6 is 0 Å². The minimum absolute atomic E-state index is 0.260. The van der Waals surface area contributed by atoms with Crippen molar-refractivity contribution in [3.63, 3.8) is 0 Å². The molecule has 4 heteroatoms. The zero-order chi connectivity index (χ0) is 14.5. The Morgan fingerprint density at radius 2 is 2.00 bits per heavy atom. The molecule has 3 nitrogen and oxygen atoms in total. The van der Waals surface area contributed by atoms with Crippen LogP contribution in [0.5, 0.6) is 5.75 Å². The van der Waals surface area contributed by atoms with E-state index in [4.69, 9.17) is 10.5 Å². The Kier molecular flexibility index (Phi) is 4.58. The van der Waals surface area contributed by atoms with Crippen molar-refractivity contribution < 1.29 is 9.13 Å². The Bertz CT molecular complexity index is 586. The van der Waals surface area contributed by atoms with E-state index in [2.05, 4.69) is 4.90 Å². The number of ether oxygens (including phenoxy) is 1. The van der Waals surface area contributed by atoms with Crippen LogP contribution in [0, 0.1) is 5.82 Å². The highest BCUT2D eigenvalue weighted by molar-refractivity contribution is 5.53. The maximum atomic E-state index is 13.2. The van der Waals surface area contributed by atoms with Gasteiger partial charge in [0.05, 0.1) is 7.11 Å². The van der Waals surface area contributed by atoms with Gasteiger partial charge in [0.15, 0.2) is 0 Å². The third-order valence-electron chi connectivity index (χ3n) is 3.23. The average Bonchev–Trinajstić information content (AvgIpc) is 2.47. The number of halogens is 1. The summed E-state index contributed by atoms with van der Waals surface area (Å²) in [6.07, 6.45) is 0. The third kappa shape index (κ3) is 3.27. The summed E-state index contributed by atoms with van der Waals surface area (Å²) in [6, 6.07) is 12.6. The summed E-state index contributed by atoms with van der Waals surface area (Å²) in [7, 11) is 3.61. The van der Waals surface area contributed by atoms with Crippen LogP contribution in [0.4, 0.5) is 10.1 Å². The van der Waals surface area contributed by atoms with Gasteiger partial charge >= 0.3 is 0 Å². The normalized spacial score (nSPS) is 10.4. The fraction of sp³-hybridized carbons (Fsp3) is 0.250. The van der Waals surface area contributed by atoms with Gasteiger partial charge in [0.1, 0.15) is 11.6 Å². The number of benzene rings is 2. The van der Waals surface area contributed by atoms with Gasteiger partial charge in [-0.05, 0) is 41.5 Å². The topological polar surface area (TPSA) is 38.5 Å². The molecule has 2 N–H and O–H groups in total. The quantitative estimate of drug-likeness (QED) is 0.911. The molecule has 0 aliphatic rings.